The number of hydrogen-bond acceptors (Lipinski definition) is 8. The minimum absolute atomic E-state index is 0.242. The van der Waals surface area contributed by atoms with Crippen molar-refractivity contribution < 1.29 is 4.74 Å². The van der Waals surface area contributed by atoms with Gasteiger partial charge < -0.3 is 10.2 Å². The number of nitrogens with zero attached hydrogens (tertiary/aromatic N) is 3. The third-order valence-corrected chi connectivity index (χ3v) is 6.86. The van der Waals surface area contributed by atoms with E-state index in [1.54, 1.807) is 11.3 Å². The largest absolute Gasteiger partial charge is 0.370 e. The van der Waals surface area contributed by atoms with Crippen LogP contribution in [0.4, 0.5) is 5.82 Å². The van der Waals surface area contributed by atoms with Crippen molar-refractivity contribution in [2.45, 2.75) is 37.6 Å². The van der Waals surface area contributed by atoms with Gasteiger partial charge in [0.1, 0.15) is 4.83 Å². The Morgan fingerprint density at radius 2 is 1.93 bits per heavy atom. The highest BCUT2D eigenvalue weighted by Crippen LogP contribution is 2.44. The summed E-state index contributed by atoms with van der Waals surface area (Å²) in [5.41, 5.74) is 7.91. The summed E-state index contributed by atoms with van der Waals surface area (Å²) in [5.74, 6) is 6.42. The van der Waals surface area contributed by atoms with E-state index in [1.165, 1.54) is 17.3 Å². The number of ether oxygens (including phenoxy) is 1. The van der Waals surface area contributed by atoms with E-state index in [4.69, 9.17) is 20.5 Å². The molecule has 3 N–H and O–H groups in total. The molecule has 0 aliphatic carbocycles. The third kappa shape index (κ3) is 3.07. The molecule has 148 valence electrons. The van der Waals surface area contributed by atoms with Crippen LogP contribution in [-0.4, -0.2) is 26.8 Å². The summed E-state index contributed by atoms with van der Waals surface area (Å²) in [6.07, 6.45) is 2.77. The highest BCUT2D eigenvalue weighted by atomic mass is 32.2. The molecule has 0 fully saturated rings. The molecule has 3 aromatic heterocycles. The summed E-state index contributed by atoms with van der Waals surface area (Å²) in [6, 6.07) is 10.3. The predicted molar refractivity (Wildman–Crippen MR) is 120 cm³/mol. The molecule has 0 bridgehead atoms. The van der Waals surface area contributed by atoms with Gasteiger partial charge in [-0.25, -0.2) is 20.8 Å². The maximum Gasteiger partial charge on any atom is 0.189 e. The van der Waals surface area contributed by atoms with Gasteiger partial charge in [-0.1, -0.05) is 42.1 Å². The molecule has 1 aromatic carbocycles. The number of aromatic nitrogens is 3. The van der Waals surface area contributed by atoms with E-state index in [9.17, 15) is 0 Å². The topological polar surface area (TPSA) is 86.0 Å². The van der Waals surface area contributed by atoms with Crippen LogP contribution in [0, 0.1) is 0 Å². The maximum absolute atomic E-state index is 6.18. The van der Waals surface area contributed by atoms with Gasteiger partial charge in [0.2, 0.25) is 0 Å². The summed E-state index contributed by atoms with van der Waals surface area (Å²) < 4.78 is 7.11. The second-order valence-corrected chi connectivity index (χ2v) is 9.44. The highest BCUT2D eigenvalue weighted by Gasteiger charge is 2.32. The number of hydrazine groups is 1. The molecule has 0 saturated heterocycles. The molecule has 6 nitrogen and oxygen atoms in total. The molecule has 1 aliphatic heterocycles. The van der Waals surface area contributed by atoms with Crippen molar-refractivity contribution >= 4 is 49.3 Å². The van der Waals surface area contributed by atoms with Crippen molar-refractivity contribution in [3.8, 4) is 11.3 Å². The van der Waals surface area contributed by atoms with Gasteiger partial charge in [0.15, 0.2) is 11.0 Å². The summed E-state index contributed by atoms with van der Waals surface area (Å²) in [6.45, 7) is 4.80. The first kappa shape index (κ1) is 18.7. The quantitative estimate of drug-likeness (QED) is 0.212. The summed E-state index contributed by atoms with van der Waals surface area (Å²) >= 11 is 3.09. The van der Waals surface area contributed by atoms with E-state index >= 15 is 0 Å². The predicted octanol–water partition coefficient (Wildman–Crippen LogP) is 4.77. The van der Waals surface area contributed by atoms with E-state index in [1.807, 2.05) is 24.5 Å². The Bertz CT molecular complexity index is 1240. The fourth-order valence-corrected chi connectivity index (χ4v) is 5.34. The molecule has 0 unspecified atom stereocenters. The Morgan fingerprint density at radius 3 is 2.66 bits per heavy atom. The molecular formula is C21H21N5OS2. The summed E-state index contributed by atoms with van der Waals surface area (Å²) in [5, 5.41) is 1.79. The Kier molecular flexibility index (Phi) is 4.47. The molecule has 29 heavy (non-hydrogen) atoms. The number of fused-ring (bicyclic) bond motifs is 5. The van der Waals surface area contributed by atoms with Crippen LogP contribution >= 0.6 is 23.1 Å². The van der Waals surface area contributed by atoms with Crippen LogP contribution in [0.3, 0.4) is 0 Å². The normalized spacial score (nSPS) is 15.6. The minimum Gasteiger partial charge on any atom is -0.370 e. The van der Waals surface area contributed by atoms with Gasteiger partial charge in [-0.3, -0.25) is 0 Å². The Balaban J connectivity index is 1.91. The molecule has 0 saturated carbocycles. The number of anilines is 1. The van der Waals surface area contributed by atoms with E-state index in [0.717, 1.165) is 43.7 Å². The molecule has 4 aromatic rings. The van der Waals surface area contributed by atoms with Crippen molar-refractivity contribution in [3.05, 3.63) is 41.5 Å². The van der Waals surface area contributed by atoms with Gasteiger partial charge in [0.25, 0.3) is 0 Å². The number of hydrogen-bond donors (Lipinski definition) is 2. The van der Waals surface area contributed by atoms with Crippen LogP contribution in [0.15, 0.2) is 35.5 Å². The van der Waals surface area contributed by atoms with Gasteiger partial charge in [0.05, 0.1) is 28.1 Å². The average molecular weight is 424 g/mol. The molecule has 0 spiro atoms. The molecule has 1 aliphatic rings. The van der Waals surface area contributed by atoms with Gasteiger partial charge in [0, 0.05) is 22.9 Å². The highest BCUT2D eigenvalue weighted by molar-refractivity contribution is 7.98. The van der Waals surface area contributed by atoms with Crippen LogP contribution in [-0.2, 0) is 17.8 Å². The molecule has 4 heterocycles. The number of benzene rings is 1. The standard InChI is InChI=1S/C21H21N5OS2/c1-21(2)9-12-13(10-27-21)15(11-7-5-4-6-8-11)23-19-14(12)16-17(29-19)18(26-22)25-20(24-16)28-3/h4-8H,9-10,22H2,1-3H3,(H,24,25,26). The smallest absolute Gasteiger partial charge is 0.189 e. The monoisotopic (exact) mass is 423 g/mol. The Hall–Kier alpha value is -2.26. The lowest BCUT2D eigenvalue weighted by Crippen LogP contribution is -2.32. The first-order valence-corrected chi connectivity index (χ1v) is 11.4. The number of nitrogens with one attached hydrogen (secondary N) is 1. The molecule has 5 rings (SSSR count). The molecular weight excluding hydrogens is 402 g/mol. The lowest BCUT2D eigenvalue weighted by atomic mass is 9.88. The van der Waals surface area contributed by atoms with Crippen LogP contribution in [0.1, 0.15) is 25.0 Å². The van der Waals surface area contributed by atoms with E-state index < -0.39 is 0 Å². The van der Waals surface area contributed by atoms with Crippen molar-refractivity contribution in [3.63, 3.8) is 0 Å². The van der Waals surface area contributed by atoms with Crippen molar-refractivity contribution in [2.24, 2.45) is 5.84 Å². The van der Waals surface area contributed by atoms with Crippen molar-refractivity contribution in [1.82, 2.24) is 15.0 Å². The summed E-state index contributed by atoms with van der Waals surface area (Å²) in [4.78, 5) is 15.4. The molecule has 0 radical (unpaired) electrons. The van der Waals surface area contributed by atoms with Gasteiger partial charge in [-0.2, -0.15) is 0 Å². The first-order chi connectivity index (χ1) is 14.0. The maximum atomic E-state index is 6.18. The first-order valence-electron chi connectivity index (χ1n) is 9.37. The number of rotatable bonds is 3. The van der Waals surface area contributed by atoms with Crippen LogP contribution in [0.2, 0.25) is 0 Å². The molecule has 0 amide bonds. The average Bonchev–Trinajstić information content (AvgIpc) is 3.11. The second kappa shape index (κ2) is 6.91. The van der Waals surface area contributed by atoms with Crippen LogP contribution in [0.25, 0.3) is 31.7 Å². The van der Waals surface area contributed by atoms with Gasteiger partial charge >= 0.3 is 0 Å². The Labute approximate surface area is 176 Å². The number of thiophene rings is 1. The van der Waals surface area contributed by atoms with Gasteiger partial charge in [-0.05, 0) is 25.7 Å². The number of nitrogen functional groups attached to an aromatic ring is 1. The summed E-state index contributed by atoms with van der Waals surface area (Å²) in [7, 11) is 0. The fourth-order valence-electron chi connectivity index (χ4n) is 3.88. The third-order valence-electron chi connectivity index (χ3n) is 5.24. The molecule has 8 heteroatoms. The lowest BCUT2D eigenvalue weighted by Gasteiger charge is -2.33. The second-order valence-electron chi connectivity index (χ2n) is 7.67. The van der Waals surface area contributed by atoms with Crippen LogP contribution < -0.4 is 11.3 Å². The SMILES string of the molecule is CSc1nc(NN)c2sc3nc(-c4ccccc4)c4c(c3c2n1)CC(C)(C)OC4. The zero-order chi connectivity index (χ0) is 20.2. The number of thioether (sulfide) groups is 1. The van der Waals surface area contributed by atoms with Crippen molar-refractivity contribution in [2.75, 3.05) is 11.7 Å². The fraction of sp³-hybridized carbons (Fsp3) is 0.286. The lowest BCUT2D eigenvalue weighted by molar-refractivity contribution is -0.0394. The Morgan fingerprint density at radius 1 is 1.14 bits per heavy atom. The van der Waals surface area contributed by atoms with Crippen molar-refractivity contribution in [1.29, 1.82) is 0 Å². The zero-order valence-corrected chi connectivity index (χ0v) is 18.1. The van der Waals surface area contributed by atoms with E-state index in [0.29, 0.717) is 17.6 Å². The van der Waals surface area contributed by atoms with Gasteiger partial charge in [-0.15, -0.1) is 11.3 Å². The minimum atomic E-state index is -0.242. The van der Waals surface area contributed by atoms with Crippen LogP contribution in [0.5, 0.6) is 0 Å². The van der Waals surface area contributed by atoms with E-state index in [-0.39, 0.29) is 5.60 Å². The number of pyridine rings is 1. The zero-order valence-electron chi connectivity index (χ0n) is 16.4. The van der Waals surface area contributed by atoms with E-state index in [2.05, 4.69) is 36.4 Å². The number of nitrogens with two attached hydrogens (primary N) is 1. The molecule has 0 atom stereocenters.